The van der Waals surface area contributed by atoms with Gasteiger partial charge in [-0.3, -0.25) is 4.79 Å². The van der Waals surface area contributed by atoms with Crippen molar-refractivity contribution in [2.24, 2.45) is 0 Å². The molecule has 3 nitrogen and oxygen atoms in total. The van der Waals surface area contributed by atoms with Gasteiger partial charge >= 0.3 is 0 Å². The zero-order valence-electron chi connectivity index (χ0n) is 9.70. The molecule has 1 fully saturated rings. The van der Waals surface area contributed by atoms with Crippen molar-refractivity contribution in [3.63, 3.8) is 0 Å². The maximum Gasteiger partial charge on any atom is 0.228 e. The standard InChI is InChI=1S/C13H18N2O/c1-2-11-5-3-4-6-12(11)15-10-9-14-8-7-13(15)16/h3-6,14H,2,7-10H2,1H3. The number of nitrogens with one attached hydrogen (secondary N) is 1. The third kappa shape index (κ3) is 2.25. The van der Waals surface area contributed by atoms with Gasteiger partial charge in [-0.05, 0) is 18.1 Å². The minimum atomic E-state index is 0.228. The van der Waals surface area contributed by atoms with E-state index in [1.165, 1.54) is 5.56 Å². The Bertz CT molecular complexity index is 376. The lowest BCUT2D eigenvalue weighted by Gasteiger charge is -2.23. The fraction of sp³-hybridized carbons (Fsp3) is 0.462. The van der Waals surface area contributed by atoms with Gasteiger partial charge in [0, 0.05) is 31.7 Å². The van der Waals surface area contributed by atoms with E-state index in [0.717, 1.165) is 31.7 Å². The van der Waals surface area contributed by atoms with Crippen LogP contribution in [-0.2, 0) is 11.2 Å². The predicted octanol–water partition coefficient (Wildman–Crippen LogP) is 1.58. The number of benzene rings is 1. The zero-order chi connectivity index (χ0) is 11.4. The van der Waals surface area contributed by atoms with Crippen molar-refractivity contribution in [1.29, 1.82) is 0 Å². The number of anilines is 1. The number of aryl methyl sites for hydroxylation is 1. The van der Waals surface area contributed by atoms with Crippen molar-refractivity contribution in [3.05, 3.63) is 29.8 Å². The highest BCUT2D eigenvalue weighted by Crippen LogP contribution is 2.21. The van der Waals surface area contributed by atoms with Crippen LogP contribution in [-0.4, -0.2) is 25.5 Å². The number of nitrogens with zero attached hydrogens (tertiary/aromatic N) is 1. The maximum absolute atomic E-state index is 12.0. The van der Waals surface area contributed by atoms with Gasteiger partial charge in [0.1, 0.15) is 0 Å². The minimum Gasteiger partial charge on any atom is -0.314 e. The molecule has 1 aromatic carbocycles. The Balaban J connectivity index is 2.30. The molecule has 3 heteroatoms. The van der Waals surface area contributed by atoms with E-state index in [2.05, 4.69) is 18.3 Å². The zero-order valence-corrected chi connectivity index (χ0v) is 9.70. The van der Waals surface area contributed by atoms with Crippen LogP contribution in [0.15, 0.2) is 24.3 Å². The van der Waals surface area contributed by atoms with E-state index in [9.17, 15) is 4.79 Å². The summed E-state index contributed by atoms with van der Waals surface area (Å²) in [6.07, 6.45) is 1.56. The van der Waals surface area contributed by atoms with Gasteiger partial charge in [0.15, 0.2) is 0 Å². The molecule has 0 aromatic heterocycles. The summed E-state index contributed by atoms with van der Waals surface area (Å²) in [5, 5.41) is 3.25. The Labute approximate surface area is 96.5 Å². The van der Waals surface area contributed by atoms with E-state index in [-0.39, 0.29) is 5.91 Å². The van der Waals surface area contributed by atoms with Crippen molar-refractivity contribution >= 4 is 11.6 Å². The van der Waals surface area contributed by atoms with E-state index >= 15 is 0 Å². The predicted molar refractivity (Wildman–Crippen MR) is 65.7 cm³/mol. The SMILES string of the molecule is CCc1ccccc1N1CCNCCC1=O. The second-order valence-electron chi connectivity index (χ2n) is 4.03. The molecule has 0 radical (unpaired) electrons. The molecular formula is C13H18N2O. The normalized spacial score (nSPS) is 17.3. The molecule has 86 valence electrons. The summed E-state index contributed by atoms with van der Waals surface area (Å²) < 4.78 is 0. The van der Waals surface area contributed by atoms with Gasteiger partial charge in [-0.2, -0.15) is 0 Å². The van der Waals surface area contributed by atoms with Crippen LogP contribution in [0.4, 0.5) is 5.69 Å². The van der Waals surface area contributed by atoms with Crippen molar-refractivity contribution in [2.75, 3.05) is 24.5 Å². The lowest BCUT2D eigenvalue weighted by atomic mass is 10.1. The summed E-state index contributed by atoms with van der Waals surface area (Å²) in [5.41, 5.74) is 2.33. The second kappa shape index (κ2) is 5.12. The average molecular weight is 218 g/mol. The molecule has 0 aliphatic carbocycles. The van der Waals surface area contributed by atoms with E-state index in [0.29, 0.717) is 6.42 Å². The van der Waals surface area contributed by atoms with E-state index in [1.807, 2.05) is 23.1 Å². The number of carbonyl (C=O) groups excluding carboxylic acids is 1. The van der Waals surface area contributed by atoms with Gasteiger partial charge in [0.2, 0.25) is 5.91 Å². The van der Waals surface area contributed by atoms with Crippen LogP contribution in [0.2, 0.25) is 0 Å². The first-order chi connectivity index (χ1) is 7.83. The van der Waals surface area contributed by atoms with Crippen LogP contribution in [0.5, 0.6) is 0 Å². The first kappa shape index (κ1) is 11.1. The summed E-state index contributed by atoms with van der Waals surface area (Å²) >= 11 is 0. The monoisotopic (exact) mass is 218 g/mol. The molecule has 1 aliphatic heterocycles. The summed E-state index contributed by atoms with van der Waals surface area (Å²) in [5.74, 6) is 0.228. The van der Waals surface area contributed by atoms with Crippen LogP contribution in [0.3, 0.4) is 0 Å². The fourth-order valence-corrected chi connectivity index (χ4v) is 2.10. The Morgan fingerprint density at radius 2 is 2.12 bits per heavy atom. The summed E-state index contributed by atoms with van der Waals surface area (Å²) in [4.78, 5) is 13.9. The van der Waals surface area contributed by atoms with Crippen LogP contribution in [0.25, 0.3) is 0 Å². The molecule has 0 saturated carbocycles. The molecule has 1 aliphatic rings. The second-order valence-corrected chi connectivity index (χ2v) is 4.03. The third-order valence-electron chi connectivity index (χ3n) is 2.99. The quantitative estimate of drug-likeness (QED) is 0.817. The van der Waals surface area contributed by atoms with Crippen LogP contribution in [0.1, 0.15) is 18.9 Å². The van der Waals surface area contributed by atoms with Crippen LogP contribution < -0.4 is 10.2 Å². The van der Waals surface area contributed by atoms with E-state index in [4.69, 9.17) is 0 Å². The number of rotatable bonds is 2. The van der Waals surface area contributed by atoms with E-state index < -0.39 is 0 Å². The van der Waals surface area contributed by atoms with Gasteiger partial charge in [0.05, 0.1) is 0 Å². The van der Waals surface area contributed by atoms with Gasteiger partial charge < -0.3 is 10.2 Å². The van der Waals surface area contributed by atoms with Gasteiger partial charge in [0.25, 0.3) is 0 Å². The minimum absolute atomic E-state index is 0.228. The van der Waals surface area contributed by atoms with Gasteiger partial charge in [-0.15, -0.1) is 0 Å². The molecule has 0 atom stereocenters. The fourth-order valence-electron chi connectivity index (χ4n) is 2.10. The number of para-hydroxylation sites is 1. The largest absolute Gasteiger partial charge is 0.314 e. The molecule has 0 bridgehead atoms. The van der Waals surface area contributed by atoms with Crippen molar-refractivity contribution in [3.8, 4) is 0 Å². The van der Waals surface area contributed by atoms with Gasteiger partial charge in [-0.1, -0.05) is 25.1 Å². The third-order valence-corrected chi connectivity index (χ3v) is 2.99. The number of amides is 1. The lowest BCUT2D eigenvalue weighted by Crippen LogP contribution is -2.32. The molecular weight excluding hydrogens is 200 g/mol. The lowest BCUT2D eigenvalue weighted by molar-refractivity contribution is -0.118. The Morgan fingerprint density at radius 1 is 1.31 bits per heavy atom. The smallest absolute Gasteiger partial charge is 0.228 e. The number of carbonyl (C=O) groups is 1. The summed E-state index contributed by atoms with van der Waals surface area (Å²) in [6.45, 7) is 4.57. The molecule has 1 aromatic rings. The van der Waals surface area contributed by atoms with Crippen LogP contribution in [0, 0.1) is 0 Å². The molecule has 0 spiro atoms. The summed E-state index contributed by atoms with van der Waals surface area (Å²) in [7, 11) is 0. The molecule has 1 saturated heterocycles. The Hall–Kier alpha value is -1.35. The van der Waals surface area contributed by atoms with Gasteiger partial charge in [-0.25, -0.2) is 0 Å². The van der Waals surface area contributed by atoms with Crippen molar-refractivity contribution in [2.45, 2.75) is 19.8 Å². The highest BCUT2D eigenvalue weighted by atomic mass is 16.2. The average Bonchev–Trinajstić information content (AvgIpc) is 2.54. The van der Waals surface area contributed by atoms with Crippen LogP contribution >= 0.6 is 0 Å². The Kier molecular flexibility index (Phi) is 3.57. The maximum atomic E-state index is 12.0. The van der Waals surface area contributed by atoms with Crippen molar-refractivity contribution in [1.82, 2.24) is 5.32 Å². The highest BCUT2D eigenvalue weighted by molar-refractivity contribution is 5.94. The van der Waals surface area contributed by atoms with Crippen molar-refractivity contribution < 1.29 is 4.79 Å². The molecule has 1 N–H and O–H groups in total. The first-order valence-corrected chi connectivity index (χ1v) is 5.92. The molecule has 1 amide bonds. The first-order valence-electron chi connectivity index (χ1n) is 5.92. The van der Waals surface area contributed by atoms with E-state index in [1.54, 1.807) is 0 Å². The molecule has 2 rings (SSSR count). The topological polar surface area (TPSA) is 32.3 Å². The molecule has 0 unspecified atom stereocenters. The highest BCUT2D eigenvalue weighted by Gasteiger charge is 2.19. The Morgan fingerprint density at radius 3 is 2.94 bits per heavy atom. The molecule has 16 heavy (non-hydrogen) atoms. The summed E-state index contributed by atoms with van der Waals surface area (Å²) in [6, 6.07) is 8.17. The number of hydrogen-bond donors (Lipinski definition) is 1. The molecule has 1 heterocycles. The number of hydrogen-bond acceptors (Lipinski definition) is 2.